The van der Waals surface area contributed by atoms with Gasteiger partial charge in [-0.3, -0.25) is 0 Å². The molecule has 2 N–H and O–H groups in total. The van der Waals surface area contributed by atoms with Crippen molar-refractivity contribution in [3.8, 4) is 5.75 Å². The molecule has 114 valence electrons. The molecule has 0 atom stereocenters. The molecule has 1 aromatic carbocycles. The van der Waals surface area contributed by atoms with Crippen molar-refractivity contribution in [3.63, 3.8) is 0 Å². The van der Waals surface area contributed by atoms with E-state index in [0.717, 1.165) is 18.7 Å². The molecule has 0 heterocycles. The molecular formula is C17H29NO2. The van der Waals surface area contributed by atoms with Gasteiger partial charge >= 0.3 is 0 Å². The number of hydrogen-bond donors (Lipinski definition) is 2. The molecule has 0 aliphatic rings. The van der Waals surface area contributed by atoms with Gasteiger partial charge in [0.1, 0.15) is 12.4 Å². The summed E-state index contributed by atoms with van der Waals surface area (Å²) < 4.78 is 5.35. The van der Waals surface area contributed by atoms with Gasteiger partial charge in [0.15, 0.2) is 0 Å². The van der Waals surface area contributed by atoms with Crippen LogP contribution in [0.5, 0.6) is 5.75 Å². The van der Waals surface area contributed by atoms with Gasteiger partial charge in [-0.1, -0.05) is 32.9 Å². The van der Waals surface area contributed by atoms with E-state index in [1.165, 1.54) is 5.56 Å². The van der Waals surface area contributed by atoms with E-state index in [1.807, 2.05) is 12.1 Å². The fraction of sp³-hybridized carbons (Fsp3) is 0.647. The van der Waals surface area contributed by atoms with E-state index in [-0.39, 0.29) is 12.1 Å². The second kappa shape index (κ2) is 7.09. The molecule has 0 fully saturated rings. The second-order valence-corrected chi connectivity index (χ2v) is 7.19. The zero-order valence-corrected chi connectivity index (χ0v) is 13.5. The van der Waals surface area contributed by atoms with Gasteiger partial charge in [0.25, 0.3) is 0 Å². The van der Waals surface area contributed by atoms with Crippen molar-refractivity contribution in [2.75, 3.05) is 13.2 Å². The minimum Gasteiger partial charge on any atom is -0.491 e. The van der Waals surface area contributed by atoms with Crippen LogP contribution in [0, 0.1) is 5.41 Å². The number of hydrogen-bond acceptors (Lipinski definition) is 3. The number of nitrogens with one attached hydrogen (secondary N) is 1. The topological polar surface area (TPSA) is 41.5 Å². The van der Waals surface area contributed by atoms with Crippen LogP contribution >= 0.6 is 0 Å². The van der Waals surface area contributed by atoms with Crippen LogP contribution in [-0.2, 0) is 6.54 Å². The van der Waals surface area contributed by atoms with Gasteiger partial charge < -0.3 is 15.2 Å². The van der Waals surface area contributed by atoms with Crippen molar-refractivity contribution >= 4 is 0 Å². The molecule has 0 unspecified atom stereocenters. The van der Waals surface area contributed by atoms with E-state index in [4.69, 9.17) is 9.84 Å². The Morgan fingerprint density at radius 3 is 2.15 bits per heavy atom. The Balaban J connectivity index is 2.49. The summed E-state index contributed by atoms with van der Waals surface area (Å²) in [6.45, 7) is 12.5. The molecule has 0 saturated heterocycles. The lowest BCUT2D eigenvalue weighted by atomic mass is 9.82. The van der Waals surface area contributed by atoms with Crippen LogP contribution in [0.2, 0.25) is 0 Å². The molecule has 20 heavy (non-hydrogen) atoms. The molecule has 0 aliphatic heterocycles. The molecule has 0 saturated carbocycles. The summed E-state index contributed by atoms with van der Waals surface area (Å²) in [6, 6.07) is 8.02. The van der Waals surface area contributed by atoms with Crippen molar-refractivity contribution in [3.05, 3.63) is 29.8 Å². The summed E-state index contributed by atoms with van der Waals surface area (Å²) in [4.78, 5) is 0. The number of benzene rings is 1. The molecule has 3 heteroatoms. The van der Waals surface area contributed by atoms with Crippen LogP contribution in [-0.4, -0.2) is 23.9 Å². The largest absolute Gasteiger partial charge is 0.491 e. The normalized spacial score (nSPS) is 12.5. The van der Waals surface area contributed by atoms with E-state index in [2.05, 4.69) is 52.1 Å². The Bertz CT molecular complexity index is 390. The maximum Gasteiger partial charge on any atom is 0.119 e. The molecule has 0 amide bonds. The first-order valence-corrected chi connectivity index (χ1v) is 7.29. The zero-order valence-electron chi connectivity index (χ0n) is 13.5. The van der Waals surface area contributed by atoms with E-state index in [1.54, 1.807) is 0 Å². The van der Waals surface area contributed by atoms with Crippen LogP contribution in [0.4, 0.5) is 0 Å². The van der Waals surface area contributed by atoms with E-state index in [9.17, 15) is 0 Å². The molecule has 0 aromatic heterocycles. The molecule has 1 rings (SSSR count). The van der Waals surface area contributed by atoms with Gasteiger partial charge in [0.2, 0.25) is 0 Å². The fourth-order valence-corrected chi connectivity index (χ4v) is 2.60. The lowest BCUT2D eigenvalue weighted by Gasteiger charge is -2.33. The Labute approximate surface area is 123 Å². The lowest BCUT2D eigenvalue weighted by Crippen LogP contribution is -2.41. The van der Waals surface area contributed by atoms with Crippen LogP contribution in [0.25, 0.3) is 0 Å². The summed E-state index contributed by atoms with van der Waals surface area (Å²) >= 11 is 0. The maximum absolute atomic E-state index is 8.71. The molecule has 0 aliphatic carbocycles. The summed E-state index contributed by atoms with van der Waals surface area (Å²) in [7, 11) is 0. The van der Waals surface area contributed by atoms with E-state index >= 15 is 0 Å². The fourth-order valence-electron chi connectivity index (χ4n) is 2.60. The van der Waals surface area contributed by atoms with Crippen molar-refractivity contribution in [1.82, 2.24) is 5.32 Å². The average Bonchev–Trinajstić information content (AvgIpc) is 2.32. The smallest absolute Gasteiger partial charge is 0.119 e. The third-order valence-electron chi connectivity index (χ3n) is 3.03. The van der Waals surface area contributed by atoms with Crippen molar-refractivity contribution in [2.45, 2.75) is 53.1 Å². The van der Waals surface area contributed by atoms with Crippen molar-refractivity contribution < 1.29 is 9.84 Å². The van der Waals surface area contributed by atoms with E-state index in [0.29, 0.717) is 12.0 Å². The molecule has 1 aromatic rings. The van der Waals surface area contributed by atoms with Crippen molar-refractivity contribution in [2.24, 2.45) is 5.41 Å². The minimum absolute atomic E-state index is 0.0459. The van der Waals surface area contributed by atoms with Gasteiger partial charge in [0.05, 0.1) is 6.61 Å². The van der Waals surface area contributed by atoms with Gasteiger partial charge in [-0.2, -0.15) is 0 Å². The monoisotopic (exact) mass is 279 g/mol. The van der Waals surface area contributed by atoms with Crippen LogP contribution < -0.4 is 10.1 Å². The van der Waals surface area contributed by atoms with E-state index < -0.39 is 0 Å². The van der Waals surface area contributed by atoms with Gasteiger partial charge in [-0.25, -0.2) is 0 Å². The summed E-state index contributed by atoms with van der Waals surface area (Å²) in [5, 5.41) is 12.3. The second-order valence-electron chi connectivity index (χ2n) is 7.19. The van der Waals surface area contributed by atoms with Gasteiger partial charge in [-0.05, 0) is 43.4 Å². The van der Waals surface area contributed by atoms with Gasteiger partial charge in [-0.15, -0.1) is 0 Å². The van der Waals surface area contributed by atoms with Crippen molar-refractivity contribution in [1.29, 1.82) is 0 Å². The first-order valence-electron chi connectivity index (χ1n) is 7.29. The summed E-state index contributed by atoms with van der Waals surface area (Å²) in [5.41, 5.74) is 1.67. The molecule has 0 radical (unpaired) electrons. The highest BCUT2D eigenvalue weighted by atomic mass is 16.5. The highest BCUT2D eigenvalue weighted by molar-refractivity contribution is 5.27. The molecule has 0 bridgehead atoms. The average molecular weight is 279 g/mol. The number of aliphatic hydroxyl groups excluding tert-OH is 1. The standard InChI is InChI=1S/C17H29NO2/c1-16(2,3)13-17(4,5)18-12-14-6-8-15(9-7-14)20-11-10-19/h6-9,18-19H,10-13H2,1-5H3. The first-order chi connectivity index (χ1) is 9.22. The third kappa shape index (κ3) is 6.92. The quantitative estimate of drug-likeness (QED) is 0.804. The summed E-state index contributed by atoms with van der Waals surface area (Å²) in [5.74, 6) is 0.803. The Kier molecular flexibility index (Phi) is 6.03. The first kappa shape index (κ1) is 17.0. The predicted molar refractivity (Wildman–Crippen MR) is 84.0 cm³/mol. The van der Waals surface area contributed by atoms with Crippen LogP contribution in [0.15, 0.2) is 24.3 Å². The third-order valence-corrected chi connectivity index (χ3v) is 3.03. The SMILES string of the molecule is CC(C)(C)CC(C)(C)NCc1ccc(OCCO)cc1. The highest BCUT2D eigenvalue weighted by Gasteiger charge is 2.24. The molecule has 3 nitrogen and oxygen atoms in total. The molecule has 0 spiro atoms. The number of rotatable bonds is 7. The molecular weight excluding hydrogens is 250 g/mol. The Hall–Kier alpha value is -1.06. The van der Waals surface area contributed by atoms with Gasteiger partial charge in [0, 0.05) is 12.1 Å². The maximum atomic E-state index is 8.71. The number of aliphatic hydroxyl groups is 1. The minimum atomic E-state index is 0.0459. The zero-order chi connectivity index (χ0) is 15.2. The predicted octanol–water partition coefficient (Wildman–Crippen LogP) is 3.36. The Morgan fingerprint density at radius 2 is 1.65 bits per heavy atom. The Morgan fingerprint density at radius 1 is 1.05 bits per heavy atom. The highest BCUT2D eigenvalue weighted by Crippen LogP contribution is 2.27. The number of ether oxygens (including phenoxy) is 1. The lowest BCUT2D eigenvalue weighted by molar-refractivity contribution is 0.201. The summed E-state index contributed by atoms with van der Waals surface area (Å²) in [6.07, 6.45) is 1.12. The van der Waals surface area contributed by atoms with Crippen LogP contribution in [0.3, 0.4) is 0 Å². The van der Waals surface area contributed by atoms with Crippen LogP contribution in [0.1, 0.15) is 46.6 Å².